The molecule has 5 nitrogen and oxygen atoms in total. The van der Waals surface area contributed by atoms with Gasteiger partial charge in [-0.05, 0) is 24.6 Å². The summed E-state index contributed by atoms with van der Waals surface area (Å²) in [7, 11) is 1.68. The van der Waals surface area contributed by atoms with Crippen molar-refractivity contribution < 1.29 is 9.53 Å². The lowest BCUT2D eigenvalue weighted by molar-refractivity contribution is -0.122. The number of ether oxygens (including phenoxy) is 1. The zero-order valence-corrected chi connectivity index (χ0v) is 13.2. The molecule has 1 aromatic carbocycles. The molecular formula is C15H22ClN3O2. The van der Waals surface area contributed by atoms with E-state index >= 15 is 0 Å². The molecule has 1 aliphatic heterocycles. The standard InChI is InChI=1S/C15H22ClN3O2/c1-11-15(20)18-5-7-19(11)14-4-3-12(9-13(14)16)10-17-6-8-21-2/h3-4,9,11,17H,5-8,10H2,1-2H3,(H,18,20). The van der Waals surface area contributed by atoms with Gasteiger partial charge in [0.1, 0.15) is 6.04 Å². The lowest BCUT2D eigenvalue weighted by Gasteiger charge is -2.35. The topological polar surface area (TPSA) is 53.6 Å². The van der Waals surface area contributed by atoms with Gasteiger partial charge in [0, 0.05) is 33.3 Å². The summed E-state index contributed by atoms with van der Waals surface area (Å²) in [5.74, 6) is 0.0441. The highest BCUT2D eigenvalue weighted by Crippen LogP contribution is 2.29. The molecule has 1 heterocycles. The van der Waals surface area contributed by atoms with E-state index in [-0.39, 0.29) is 11.9 Å². The fraction of sp³-hybridized carbons (Fsp3) is 0.533. The number of nitrogens with one attached hydrogen (secondary N) is 2. The number of nitrogens with zero attached hydrogens (tertiary/aromatic N) is 1. The van der Waals surface area contributed by atoms with Crippen molar-refractivity contribution in [1.29, 1.82) is 0 Å². The molecule has 1 amide bonds. The molecule has 1 aromatic rings. The average molecular weight is 312 g/mol. The molecular weight excluding hydrogens is 290 g/mol. The number of rotatable bonds is 6. The Morgan fingerprint density at radius 2 is 2.33 bits per heavy atom. The largest absolute Gasteiger partial charge is 0.383 e. The second-order valence-electron chi connectivity index (χ2n) is 5.12. The molecule has 1 unspecified atom stereocenters. The van der Waals surface area contributed by atoms with Crippen LogP contribution in [0.25, 0.3) is 0 Å². The van der Waals surface area contributed by atoms with Crippen molar-refractivity contribution in [3.8, 4) is 0 Å². The number of anilines is 1. The van der Waals surface area contributed by atoms with Crippen LogP contribution < -0.4 is 15.5 Å². The minimum absolute atomic E-state index is 0.0441. The van der Waals surface area contributed by atoms with Crippen LogP contribution in [0.1, 0.15) is 12.5 Å². The predicted molar refractivity (Wildman–Crippen MR) is 84.9 cm³/mol. The van der Waals surface area contributed by atoms with Crippen LogP contribution in [-0.4, -0.2) is 45.3 Å². The van der Waals surface area contributed by atoms with Gasteiger partial charge >= 0.3 is 0 Å². The van der Waals surface area contributed by atoms with Crippen LogP contribution in [0.3, 0.4) is 0 Å². The number of amides is 1. The Bertz CT molecular complexity index is 496. The summed E-state index contributed by atoms with van der Waals surface area (Å²) in [5, 5.41) is 6.82. The first-order valence-electron chi connectivity index (χ1n) is 7.16. The second kappa shape index (κ2) is 7.64. The van der Waals surface area contributed by atoms with E-state index in [1.165, 1.54) is 0 Å². The highest BCUT2D eigenvalue weighted by Gasteiger charge is 2.26. The SMILES string of the molecule is COCCNCc1ccc(N2CCNC(=O)C2C)c(Cl)c1. The van der Waals surface area contributed by atoms with Gasteiger partial charge in [-0.15, -0.1) is 0 Å². The zero-order valence-electron chi connectivity index (χ0n) is 12.5. The van der Waals surface area contributed by atoms with Crippen LogP contribution in [0.15, 0.2) is 18.2 Å². The first-order chi connectivity index (χ1) is 10.1. The third kappa shape index (κ3) is 4.09. The monoisotopic (exact) mass is 311 g/mol. The summed E-state index contributed by atoms with van der Waals surface area (Å²) >= 11 is 6.39. The molecule has 6 heteroatoms. The highest BCUT2D eigenvalue weighted by molar-refractivity contribution is 6.33. The maximum atomic E-state index is 11.7. The van der Waals surface area contributed by atoms with Gasteiger partial charge in [0.15, 0.2) is 0 Å². The van der Waals surface area contributed by atoms with Gasteiger partial charge in [-0.2, -0.15) is 0 Å². The van der Waals surface area contributed by atoms with Crippen molar-refractivity contribution in [2.45, 2.75) is 19.5 Å². The summed E-state index contributed by atoms with van der Waals surface area (Å²) in [4.78, 5) is 13.8. The van der Waals surface area contributed by atoms with Crippen molar-refractivity contribution in [1.82, 2.24) is 10.6 Å². The van der Waals surface area contributed by atoms with E-state index in [2.05, 4.69) is 10.6 Å². The molecule has 1 saturated heterocycles. The molecule has 21 heavy (non-hydrogen) atoms. The van der Waals surface area contributed by atoms with Gasteiger partial charge in [0.2, 0.25) is 5.91 Å². The quantitative estimate of drug-likeness (QED) is 0.780. The maximum absolute atomic E-state index is 11.7. The number of carbonyl (C=O) groups is 1. The summed E-state index contributed by atoms with van der Waals surface area (Å²) < 4.78 is 4.99. The van der Waals surface area contributed by atoms with E-state index < -0.39 is 0 Å². The molecule has 1 fully saturated rings. The fourth-order valence-electron chi connectivity index (χ4n) is 2.41. The Kier molecular flexibility index (Phi) is 5.85. The molecule has 0 spiro atoms. The summed E-state index contributed by atoms with van der Waals surface area (Å²) in [6.07, 6.45) is 0. The van der Waals surface area contributed by atoms with Gasteiger partial charge in [0.05, 0.1) is 17.3 Å². The lowest BCUT2D eigenvalue weighted by Crippen LogP contribution is -2.54. The maximum Gasteiger partial charge on any atom is 0.242 e. The first kappa shape index (κ1) is 16.1. The van der Waals surface area contributed by atoms with E-state index in [4.69, 9.17) is 16.3 Å². The molecule has 0 saturated carbocycles. The normalized spacial score (nSPS) is 18.7. The highest BCUT2D eigenvalue weighted by atomic mass is 35.5. The van der Waals surface area contributed by atoms with Gasteiger partial charge in [-0.25, -0.2) is 0 Å². The average Bonchev–Trinajstić information content (AvgIpc) is 2.47. The fourth-order valence-corrected chi connectivity index (χ4v) is 2.72. The molecule has 1 aliphatic rings. The van der Waals surface area contributed by atoms with Crippen molar-refractivity contribution in [2.24, 2.45) is 0 Å². The lowest BCUT2D eigenvalue weighted by atomic mass is 10.1. The minimum Gasteiger partial charge on any atom is -0.383 e. The Morgan fingerprint density at radius 3 is 3.05 bits per heavy atom. The third-order valence-corrected chi connectivity index (χ3v) is 3.94. The van der Waals surface area contributed by atoms with Crippen LogP contribution in [0, 0.1) is 0 Å². The molecule has 2 rings (SSSR count). The smallest absolute Gasteiger partial charge is 0.242 e. The molecule has 0 bridgehead atoms. The van der Waals surface area contributed by atoms with Crippen LogP contribution >= 0.6 is 11.6 Å². The number of carbonyl (C=O) groups excluding carboxylic acids is 1. The molecule has 1 atom stereocenters. The Balaban J connectivity index is 2.03. The van der Waals surface area contributed by atoms with Gasteiger partial charge in [-0.1, -0.05) is 17.7 Å². The minimum atomic E-state index is -0.193. The first-order valence-corrected chi connectivity index (χ1v) is 7.53. The summed E-state index contributed by atoms with van der Waals surface area (Å²) in [6, 6.07) is 5.79. The Labute approximate surface area is 130 Å². The van der Waals surface area contributed by atoms with Gasteiger partial charge < -0.3 is 20.3 Å². The predicted octanol–water partition coefficient (Wildman–Crippen LogP) is 1.40. The number of benzene rings is 1. The van der Waals surface area contributed by atoms with Crippen molar-refractivity contribution in [3.05, 3.63) is 28.8 Å². The number of methoxy groups -OCH3 is 1. The zero-order chi connectivity index (χ0) is 15.2. The van der Waals surface area contributed by atoms with Crippen LogP contribution in [-0.2, 0) is 16.1 Å². The van der Waals surface area contributed by atoms with Crippen LogP contribution in [0.2, 0.25) is 5.02 Å². The van der Waals surface area contributed by atoms with E-state index in [0.29, 0.717) is 18.2 Å². The van der Waals surface area contributed by atoms with E-state index in [1.54, 1.807) is 7.11 Å². The van der Waals surface area contributed by atoms with E-state index in [1.807, 2.05) is 30.0 Å². The molecule has 0 aliphatic carbocycles. The van der Waals surface area contributed by atoms with Crippen molar-refractivity contribution in [2.75, 3.05) is 38.3 Å². The molecule has 0 radical (unpaired) electrons. The molecule has 116 valence electrons. The van der Waals surface area contributed by atoms with Gasteiger partial charge in [0.25, 0.3) is 0 Å². The number of piperazine rings is 1. The van der Waals surface area contributed by atoms with Crippen molar-refractivity contribution in [3.63, 3.8) is 0 Å². The number of hydrogen-bond donors (Lipinski definition) is 2. The summed E-state index contributed by atoms with van der Waals surface area (Å²) in [6.45, 7) is 5.56. The Morgan fingerprint density at radius 1 is 1.52 bits per heavy atom. The third-order valence-electron chi connectivity index (χ3n) is 3.63. The number of hydrogen-bond acceptors (Lipinski definition) is 4. The van der Waals surface area contributed by atoms with E-state index in [9.17, 15) is 4.79 Å². The second-order valence-corrected chi connectivity index (χ2v) is 5.52. The van der Waals surface area contributed by atoms with Crippen molar-refractivity contribution >= 4 is 23.2 Å². The van der Waals surface area contributed by atoms with E-state index in [0.717, 1.165) is 30.9 Å². The Hall–Kier alpha value is -1.30. The van der Waals surface area contributed by atoms with Crippen LogP contribution in [0.5, 0.6) is 0 Å². The summed E-state index contributed by atoms with van der Waals surface area (Å²) in [5.41, 5.74) is 2.04. The van der Waals surface area contributed by atoms with Crippen LogP contribution in [0.4, 0.5) is 5.69 Å². The van der Waals surface area contributed by atoms with Gasteiger partial charge in [-0.3, -0.25) is 4.79 Å². The number of halogens is 1. The molecule has 2 N–H and O–H groups in total. The molecule has 0 aromatic heterocycles.